The normalized spacial score (nSPS) is 21.1. The third kappa shape index (κ3) is 1.16. The molecule has 70 valence electrons. The van der Waals surface area contributed by atoms with Gasteiger partial charge in [0.25, 0.3) is 0 Å². The molecule has 0 aromatic carbocycles. The first kappa shape index (κ1) is 8.10. The Morgan fingerprint density at radius 2 is 2.46 bits per heavy atom. The molecule has 1 aromatic rings. The number of nitrogens with two attached hydrogens (primary N) is 2. The summed E-state index contributed by atoms with van der Waals surface area (Å²) in [6.45, 7) is 0.830. The zero-order valence-electron chi connectivity index (χ0n) is 7.23. The summed E-state index contributed by atoms with van der Waals surface area (Å²) in [5, 5.41) is 4.07. The first-order chi connectivity index (χ1) is 6.20. The van der Waals surface area contributed by atoms with Gasteiger partial charge in [-0.1, -0.05) is 0 Å². The molecule has 1 aliphatic rings. The summed E-state index contributed by atoms with van der Waals surface area (Å²) in [5.41, 5.74) is 12.3. The van der Waals surface area contributed by atoms with E-state index in [0.29, 0.717) is 5.69 Å². The summed E-state index contributed by atoms with van der Waals surface area (Å²) in [6, 6.07) is 0. The molecule has 13 heavy (non-hydrogen) atoms. The Hall–Kier alpha value is -1.52. The highest BCUT2D eigenvalue weighted by molar-refractivity contribution is 5.83. The Morgan fingerprint density at radius 3 is 3.15 bits per heavy atom. The number of primary amides is 1. The number of nitrogen functional groups attached to an aromatic ring is 1. The molecule has 5 heteroatoms. The maximum absolute atomic E-state index is 11.1. The molecule has 1 unspecified atom stereocenters. The van der Waals surface area contributed by atoms with E-state index in [1.165, 1.54) is 0 Å². The summed E-state index contributed by atoms with van der Waals surface area (Å²) in [5.74, 6) is -0.565. The number of carbonyl (C=O) groups is 1. The van der Waals surface area contributed by atoms with E-state index in [9.17, 15) is 4.79 Å². The van der Waals surface area contributed by atoms with E-state index in [2.05, 4.69) is 5.10 Å². The summed E-state index contributed by atoms with van der Waals surface area (Å²) in [6.07, 6.45) is 3.30. The van der Waals surface area contributed by atoms with Gasteiger partial charge in [-0.05, 0) is 12.8 Å². The highest BCUT2D eigenvalue weighted by atomic mass is 16.1. The number of hydrogen-bond acceptors (Lipinski definition) is 3. The number of aryl methyl sites for hydroxylation is 1. The van der Waals surface area contributed by atoms with Gasteiger partial charge in [-0.2, -0.15) is 5.10 Å². The van der Waals surface area contributed by atoms with Gasteiger partial charge in [-0.25, -0.2) is 0 Å². The van der Waals surface area contributed by atoms with Gasteiger partial charge in [-0.15, -0.1) is 0 Å². The van der Waals surface area contributed by atoms with E-state index in [1.54, 1.807) is 10.9 Å². The Morgan fingerprint density at radius 1 is 1.69 bits per heavy atom. The Balaban J connectivity index is 2.46. The number of rotatable bonds is 1. The summed E-state index contributed by atoms with van der Waals surface area (Å²) >= 11 is 0. The highest BCUT2D eigenvalue weighted by Gasteiger charge is 2.27. The molecule has 1 aliphatic heterocycles. The molecule has 0 saturated carbocycles. The van der Waals surface area contributed by atoms with E-state index in [4.69, 9.17) is 11.5 Å². The fourth-order valence-electron chi connectivity index (χ4n) is 1.83. The van der Waals surface area contributed by atoms with Crippen molar-refractivity contribution in [3.63, 3.8) is 0 Å². The number of anilines is 1. The quantitative estimate of drug-likeness (QED) is 0.629. The molecule has 0 saturated heterocycles. The molecule has 0 spiro atoms. The molecule has 1 aromatic heterocycles. The second-order valence-electron chi connectivity index (χ2n) is 3.31. The molecular formula is C8H12N4O. The number of nitrogens with zero attached hydrogens (tertiary/aromatic N) is 2. The van der Waals surface area contributed by atoms with Crippen LogP contribution in [0.1, 0.15) is 24.5 Å². The van der Waals surface area contributed by atoms with Crippen molar-refractivity contribution in [3.8, 4) is 0 Å². The van der Waals surface area contributed by atoms with Gasteiger partial charge in [-0.3, -0.25) is 9.48 Å². The van der Waals surface area contributed by atoms with E-state index >= 15 is 0 Å². The lowest BCUT2D eigenvalue weighted by molar-refractivity contribution is -0.120. The molecule has 1 amide bonds. The van der Waals surface area contributed by atoms with E-state index in [1.807, 2.05) is 0 Å². The first-order valence-electron chi connectivity index (χ1n) is 4.30. The molecule has 5 nitrogen and oxygen atoms in total. The lowest BCUT2D eigenvalue weighted by Gasteiger charge is -2.21. The van der Waals surface area contributed by atoms with Crippen molar-refractivity contribution in [3.05, 3.63) is 11.9 Å². The predicted octanol–water partition coefficient (Wildman–Crippen LogP) is -0.172. The largest absolute Gasteiger partial charge is 0.396 e. The van der Waals surface area contributed by atoms with Gasteiger partial charge in [0.1, 0.15) is 0 Å². The molecule has 2 heterocycles. The van der Waals surface area contributed by atoms with Crippen LogP contribution in [0, 0.1) is 0 Å². The summed E-state index contributed by atoms with van der Waals surface area (Å²) < 4.78 is 1.77. The smallest absolute Gasteiger partial charge is 0.226 e. The monoisotopic (exact) mass is 180 g/mol. The fourth-order valence-corrected chi connectivity index (χ4v) is 1.83. The second kappa shape index (κ2) is 2.76. The van der Waals surface area contributed by atoms with Crippen molar-refractivity contribution in [1.82, 2.24) is 9.78 Å². The predicted molar refractivity (Wildman–Crippen MR) is 47.8 cm³/mol. The zero-order valence-corrected chi connectivity index (χ0v) is 7.23. The van der Waals surface area contributed by atoms with Crippen LogP contribution in [-0.2, 0) is 11.3 Å². The van der Waals surface area contributed by atoms with Crippen LogP contribution in [0.5, 0.6) is 0 Å². The minimum absolute atomic E-state index is 0.253. The minimum atomic E-state index is -0.312. The van der Waals surface area contributed by atoms with Crippen molar-refractivity contribution >= 4 is 11.6 Å². The zero-order chi connectivity index (χ0) is 9.42. The second-order valence-corrected chi connectivity index (χ2v) is 3.31. The van der Waals surface area contributed by atoms with Crippen molar-refractivity contribution in [1.29, 1.82) is 0 Å². The van der Waals surface area contributed by atoms with Crippen LogP contribution in [0.25, 0.3) is 0 Å². The summed E-state index contributed by atoms with van der Waals surface area (Å²) in [4.78, 5) is 11.1. The fraction of sp³-hybridized carbons (Fsp3) is 0.500. The Bertz CT molecular complexity index is 344. The van der Waals surface area contributed by atoms with Crippen LogP contribution in [0.3, 0.4) is 0 Å². The topological polar surface area (TPSA) is 86.9 Å². The van der Waals surface area contributed by atoms with E-state index in [-0.39, 0.29) is 11.8 Å². The molecule has 4 N–H and O–H groups in total. The maximum atomic E-state index is 11.1. The van der Waals surface area contributed by atoms with Gasteiger partial charge in [0.05, 0.1) is 23.5 Å². The van der Waals surface area contributed by atoms with Crippen LogP contribution in [0.4, 0.5) is 5.69 Å². The van der Waals surface area contributed by atoms with E-state index < -0.39 is 0 Å². The standard InChI is InChI=1S/C8H12N4O/c9-6-4-11-12-3-1-2-5(7(6)12)8(10)13/h4-5H,1-3,9H2,(H2,10,13). The Labute approximate surface area is 75.7 Å². The average Bonchev–Trinajstić information content (AvgIpc) is 2.48. The molecule has 0 fully saturated rings. The summed E-state index contributed by atoms with van der Waals surface area (Å²) in [7, 11) is 0. The van der Waals surface area contributed by atoms with E-state index in [0.717, 1.165) is 25.1 Å². The molecule has 2 rings (SSSR count). The number of aromatic nitrogens is 2. The number of carbonyl (C=O) groups excluding carboxylic acids is 1. The van der Waals surface area contributed by atoms with Gasteiger partial charge < -0.3 is 11.5 Å². The third-order valence-electron chi connectivity index (χ3n) is 2.45. The third-order valence-corrected chi connectivity index (χ3v) is 2.45. The van der Waals surface area contributed by atoms with Crippen molar-refractivity contribution in [2.24, 2.45) is 5.73 Å². The number of amides is 1. The van der Waals surface area contributed by atoms with Crippen molar-refractivity contribution in [2.75, 3.05) is 5.73 Å². The molecular weight excluding hydrogens is 168 g/mol. The van der Waals surface area contributed by atoms with Crippen LogP contribution >= 0.6 is 0 Å². The number of fused-ring (bicyclic) bond motifs is 1. The molecule has 0 bridgehead atoms. The van der Waals surface area contributed by atoms with Crippen LogP contribution < -0.4 is 11.5 Å². The lowest BCUT2D eigenvalue weighted by Crippen LogP contribution is -2.28. The highest BCUT2D eigenvalue weighted by Crippen LogP contribution is 2.30. The number of hydrogen-bond donors (Lipinski definition) is 2. The van der Waals surface area contributed by atoms with Gasteiger partial charge in [0.2, 0.25) is 5.91 Å². The van der Waals surface area contributed by atoms with Crippen LogP contribution in [0.15, 0.2) is 6.20 Å². The molecule has 1 atom stereocenters. The molecule has 0 radical (unpaired) electrons. The van der Waals surface area contributed by atoms with Gasteiger partial charge in [0.15, 0.2) is 0 Å². The van der Waals surface area contributed by atoms with Gasteiger partial charge >= 0.3 is 0 Å². The van der Waals surface area contributed by atoms with Crippen LogP contribution in [0.2, 0.25) is 0 Å². The van der Waals surface area contributed by atoms with Crippen molar-refractivity contribution < 1.29 is 4.79 Å². The lowest BCUT2D eigenvalue weighted by atomic mass is 9.95. The maximum Gasteiger partial charge on any atom is 0.226 e. The van der Waals surface area contributed by atoms with Crippen molar-refractivity contribution in [2.45, 2.75) is 25.3 Å². The Kier molecular flexibility index (Phi) is 1.72. The minimum Gasteiger partial charge on any atom is -0.396 e. The average molecular weight is 180 g/mol. The SMILES string of the molecule is NC(=O)C1CCCn2ncc(N)c21. The van der Waals surface area contributed by atoms with Crippen LogP contribution in [-0.4, -0.2) is 15.7 Å². The first-order valence-corrected chi connectivity index (χ1v) is 4.30. The van der Waals surface area contributed by atoms with Gasteiger partial charge in [0, 0.05) is 6.54 Å². The molecule has 0 aliphatic carbocycles.